The van der Waals surface area contributed by atoms with Crippen LogP contribution in [0.2, 0.25) is 0 Å². The topological polar surface area (TPSA) is 115 Å². The van der Waals surface area contributed by atoms with Gasteiger partial charge in [0, 0.05) is 13.3 Å². The van der Waals surface area contributed by atoms with Crippen LogP contribution in [0.4, 0.5) is 0 Å². The summed E-state index contributed by atoms with van der Waals surface area (Å²) >= 11 is 0. The summed E-state index contributed by atoms with van der Waals surface area (Å²) in [5, 5.41) is 35.3. The summed E-state index contributed by atoms with van der Waals surface area (Å²) in [7, 11) is 0. The first-order chi connectivity index (χ1) is 13.7. The molecule has 0 aliphatic carbocycles. The molecule has 0 saturated carbocycles. The molecule has 0 aliphatic rings. The highest BCUT2D eigenvalue weighted by Crippen LogP contribution is 2.24. The van der Waals surface area contributed by atoms with Gasteiger partial charge in [0.05, 0.1) is 31.7 Å². The highest BCUT2D eigenvalue weighted by Gasteiger charge is 2.27. The molecule has 7 heteroatoms. The Hall–Kier alpha value is -2.09. The normalized spacial score (nSPS) is 11.8. The first-order valence-corrected chi connectivity index (χ1v) is 9.01. The van der Waals surface area contributed by atoms with Gasteiger partial charge in [0.2, 0.25) is 0 Å². The number of benzene rings is 1. The number of para-hydroxylation sites is 1. The van der Waals surface area contributed by atoms with Crippen molar-refractivity contribution in [1.82, 2.24) is 0 Å². The van der Waals surface area contributed by atoms with Crippen LogP contribution in [0.1, 0.15) is 33.1 Å². The molecule has 0 aliphatic heterocycles. The maximum absolute atomic E-state index is 10.8. The van der Waals surface area contributed by atoms with Gasteiger partial charge in [-0.25, -0.2) is 20.1 Å². The molecule has 1 aromatic carbocycles. The predicted octanol–water partition coefficient (Wildman–Crippen LogP) is 4.54. The number of carboxylic acid groups (broad SMARTS) is 1. The highest BCUT2D eigenvalue weighted by atomic mass is 16.7. The molecule has 1 rings (SSSR count). The minimum Gasteiger partial charge on any atom is -0.478 e. The van der Waals surface area contributed by atoms with Crippen molar-refractivity contribution in [1.29, 1.82) is 0 Å². The number of carboxylic acids is 1. The summed E-state index contributed by atoms with van der Waals surface area (Å²) < 4.78 is 11.2. The van der Waals surface area contributed by atoms with Gasteiger partial charge < -0.3 is 14.6 Å². The SMILES string of the molecule is [CH2]C(CCCC)(OC=C(C)C(=O)O)Oc1ccccc1.[CH2]C[O].[CH2]C[O].[CH2]C[O]. The van der Waals surface area contributed by atoms with Crippen molar-refractivity contribution in [3.05, 3.63) is 69.9 Å². The molecule has 7 nitrogen and oxygen atoms in total. The monoisotopic (exact) mass is 409 g/mol. The van der Waals surface area contributed by atoms with Crippen LogP contribution >= 0.6 is 0 Å². The Kier molecular flexibility index (Phi) is 24.2. The number of aliphatic carboxylic acids is 1. The van der Waals surface area contributed by atoms with E-state index >= 15 is 0 Å². The van der Waals surface area contributed by atoms with E-state index in [4.69, 9.17) is 29.9 Å². The molecule has 0 amide bonds. The standard InChI is InChI=1S/C16H21O4.3C2H4O/c1-4-5-11-16(3,19-12-13(2)15(17)18)20-14-9-7-6-8-10-14;3*1-2-3/h6-10,12H,3-5,11H2,1-2H3,(H,17,18);3*1-2H2. The Labute approximate surface area is 175 Å². The fourth-order valence-corrected chi connectivity index (χ4v) is 1.53. The second kappa shape index (κ2) is 22.2. The molecular weight excluding hydrogens is 376 g/mol. The zero-order valence-electron chi connectivity index (χ0n) is 17.4. The smallest absolute Gasteiger partial charge is 0.334 e. The second-order valence-corrected chi connectivity index (χ2v) is 5.27. The fourth-order valence-electron chi connectivity index (χ4n) is 1.53. The Balaban J connectivity index is -0.000000638. The van der Waals surface area contributed by atoms with Crippen molar-refractivity contribution in [3.8, 4) is 5.75 Å². The Morgan fingerprint density at radius 1 is 1.07 bits per heavy atom. The summed E-state index contributed by atoms with van der Waals surface area (Å²) in [6, 6.07) is 9.22. The third-order valence-corrected chi connectivity index (χ3v) is 2.75. The number of hydrogen-bond acceptors (Lipinski definition) is 3. The van der Waals surface area contributed by atoms with E-state index in [-0.39, 0.29) is 25.4 Å². The average Bonchev–Trinajstić information content (AvgIpc) is 2.67. The van der Waals surface area contributed by atoms with Crippen LogP contribution < -0.4 is 4.74 Å². The summed E-state index contributed by atoms with van der Waals surface area (Å²) in [6.07, 6.45) is 3.60. The molecule has 0 bridgehead atoms. The van der Waals surface area contributed by atoms with Gasteiger partial charge in [-0.3, -0.25) is 0 Å². The summed E-state index contributed by atoms with van der Waals surface area (Å²) in [6.45, 7) is 15.5. The summed E-state index contributed by atoms with van der Waals surface area (Å²) in [4.78, 5) is 10.8. The van der Waals surface area contributed by atoms with Crippen molar-refractivity contribution >= 4 is 5.97 Å². The molecule has 29 heavy (non-hydrogen) atoms. The minimum absolute atomic E-state index is 0.103. The average molecular weight is 409 g/mol. The fraction of sp³-hybridized carbons (Fsp3) is 0.409. The Bertz CT molecular complexity index is 498. The quantitative estimate of drug-likeness (QED) is 0.385. The van der Waals surface area contributed by atoms with E-state index in [0.29, 0.717) is 12.2 Å². The van der Waals surface area contributed by atoms with Crippen molar-refractivity contribution in [3.63, 3.8) is 0 Å². The van der Waals surface area contributed by atoms with Gasteiger partial charge in [-0.05, 0) is 46.2 Å². The lowest BCUT2D eigenvalue weighted by atomic mass is 10.1. The van der Waals surface area contributed by atoms with Crippen molar-refractivity contribution in [2.75, 3.05) is 19.8 Å². The maximum Gasteiger partial charge on any atom is 0.334 e. The van der Waals surface area contributed by atoms with Crippen LogP contribution in [0.5, 0.6) is 5.75 Å². The predicted molar refractivity (Wildman–Crippen MR) is 110 cm³/mol. The maximum atomic E-state index is 10.8. The summed E-state index contributed by atoms with van der Waals surface area (Å²) in [5.41, 5.74) is 0.103. The summed E-state index contributed by atoms with van der Waals surface area (Å²) in [5.74, 6) is -1.50. The number of ether oxygens (including phenoxy) is 2. The molecule has 0 fully saturated rings. The number of hydrogen-bond donors (Lipinski definition) is 1. The molecule has 1 unspecified atom stereocenters. The van der Waals surface area contributed by atoms with Crippen molar-refractivity contribution < 1.29 is 34.7 Å². The third-order valence-electron chi connectivity index (χ3n) is 2.75. The molecule has 1 aromatic rings. The molecule has 163 valence electrons. The van der Waals surface area contributed by atoms with Crippen LogP contribution in [0.15, 0.2) is 42.2 Å². The lowest BCUT2D eigenvalue weighted by molar-refractivity contribution is -0.134. The Morgan fingerprint density at radius 2 is 1.52 bits per heavy atom. The lowest BCUT2D eigenvalue weighted by Gasteiger charge is -2.29. The number of unbranched alkanes of at least 4 members (excludes halogenated alkanes) is 1. The second-order valence-electron chi connectivity index (χ2n) is 5.27. The van der Waals surface area contributed by atoms with E-state index in [9.17, 15) is 4.79 Å². The highest BCUT2D eigenvalue weighted by molar-refractivity contribution is 5.85. The van der Waals surface area contributed by atoms with E-state index in [0.717, 1.165) is 12.8 Å². The van der Waals surface area contributed by atoms with Crippen molar-refractivity contribution in [2.24, 2.45) is 0 Å². The van der Waals surface area contributed by atoms with Gasteiger partial charge in [-0.15, -0.1) is 0 Å². The molecule has 1 N–H and O–H groups in total. The van der Waals surface area contributed by atoms with E-state index < -0.39 is 11.8 Å². The van der Waals surface area contributed by atoms with Crippen molar-refractivity contribution in [2.45, 2.75) is 38.9 Å². The third kappa shape index (κ3) is 22.1. The lowest BCUT2D eigenvalue weighted by Crippen LogP contribution is -2.34. The van der Waals surface area contributed by atoms with Gasteiger partial charge >= 0.3 is 5.97 Å². The van der Waals surface area contributed by atoms with Gasteiger partial charge in [-0.2, -0.15) is 0 Å². The van der Waals surface area contributed by atoms with Crippen LogP contribution in [0, 0.1) is 27.7 Å². The first-order valence-electron chi connectivity index (χ1n) is 9.01. The molecule has 0 heterocycles. The largest absolute Gasteiger partial charge is 0.478 e. The van der Waals surface area contributed by atoms with Crippen LogP contribution in [0.3, 0.4) is 0 Å². The van der Waals surface area contributed by atoms with Crippen LogP contribution in [-0.4, -0.2) is 36.7 Å². The molecule has 0 spiro atoms. The van der Waals surface area contributed by atoms with Gasteiger partial charge in [-0.1, -0.05) is 31.5 Å². The first kappa shape index (κ1) is 31.6. The molecule has 7 radical (unpaired) electrons. The van der Waals surface area contributed by atoms with E-state index in [1.54, 1.807) is 0 Å². The molecular formula is C22H33O7. The van der Waals surface area contributed by atoms with Gasteiger partial charge in [0.1, 0.15) is 5.75 Å². The van der Waals surface area contributed by atoms with Crippen LogP contribution in [0.25, 0.3) is 0 Å². The van der Waals surface area contributed by atoms with Crippen LogP contribution in [-0.2, 0) is 24.9 Å². The zero-order valence-corrected chi connectivity index (χ0v) is 17.4. The van der Waals surface area contributed by atoms with Gasteiger partial charge in [0.15, 0.2) is 0 Å². The van der Waals surface area contributed by atoms with Gasteiger partial charge in [0.25, 0.3) is 5.79 Å². The zero-order chi connectivity index (χ0) is 23.1. The van der Waals surface area contributed by atoms with E-state index in [1.807, 2.05) is 30.3 Å². The minimum atomic E-state index is -1.12. The Morgan fingerprint density at radius 3 is 1.90 bits per heavy atom. The number of carbonyl (C=O) groups is 1. The number of rotatable bonds is 8. The van der Waals surface area contributed by atoms with E-state index in [1.165, 1.54) is 13.2 Å². The van der Waals surface area contributed by atoms with E-state index in [2.05, 4.69) is 34.6 Å². The molecule has 0 aromatic heterocycles. The molecule has 0 saturated heterocycles. The molecule has 1 atom stereocenters.